The predicted molar refractivity (Wildman–Crippen MR) is 127 cm³/mol. The molecule has 0 unspecified atom stereocenters. The molecule has 1 amide bonds. The van der Waals surface area contributed by atoms with Crippen LogP contribution in [0.25, 0.3) is 6.08 Å². The van der Waals surface area contributed by atoms with Crippen molar-refractivity contribution in [2.24, 2.45) is 0 Å². The smallest absolute Gasteiger partial charge is 0.271 e. The normalized spacial score (nSPS) is 14.8. The third-order valence-corrected chi connectivity index (χ3v) is 5.65. The Kier molecular flexibility index (Phi) is 7.32. The van der Waals surface area contributed by atoms with Gasteiger partial charge in [-0.25, -0.2) is 0 Å². The number of hydrogen-bond acceptors (Lipinski definition) is 7. The summed E-state index contributed by atoms with van der Waals surface area (Å²) in [7, 11) is 0. The minimum Gasteiger partial charge on any atom is -0.490 e. The lowest BCUT2D eigenvalue weighted by molar-refractivity contribution is -0.384. The number of non-ortho nitro benzene ring substituents is 1. The maximum absolute atomic E-state index is 13.0. The van der Waals surface area contributed by atoms with E-state index in [9.17, 15) is 14.9 Å². The number of nitrogens with zero attached hydrogens (tertiary/aromatic N) is 2. The number of nitro benzene ring substituents is 1. The number of anilines is 1. The molecule has 10 heteroatoms. The first-order valence-corrected chi connectivity index (χ1v) is 10.7. The molecular weight excluding hydrogens is 460 g/mol. The highest BCUT2D eigenvalue weighted by molar-refractivity contribution is 8.27. The van der Waals surface area contributed by atoms with Gasteiger partial charge in [0.05, 0.1) is 27.1 Å². The van der Waals surface area contributed by atoms with Gasteiger partial charge in [-0.3, -0.25) is 19.8 Å². The van der Waals surface area contributed by atoms with Gasteiger partial charge in [0, 0.05) is 12.1 Å². The van der Waals surface area contributed by atoms with Gasteiger partial charge < -0.3 is 9.47 Å². The third-order valence-electron chi connectivity index (χ3n) is 4.07. The number of benzene rings is 2. The molecule has 2 aromatic rings. The molecule has 0 aromatic heterocycles. The molecule has 160 valence electrons. The molecule has 2 aromatic carbocycles. The SMILES string of the molecule is C=CCOc1c(Cl)cc(/C=C2\SC(=S)N(c3cccc([N+](=O)[O-])c3)C2=O)cc1OCC. The van der Waals surface area contributed by atoms with Crippen molar-refractivity contribution in [3.05, 3.63) is 74.7 Å². The van der Waals surface area contributed by atoms with Crippen molar-refractivity contribution in [1.29, 1.82) is 0 Å². The highest BCUT2D eigenvalue weighted by Gasteiger charge is 2.34. The summed E-state index contributed by atoms with van der Waals surface area (Å²) in [5.74, 6) is 0.457. The summed E-state index contributed by atoms with van der Waals surface area (Å²) in [5, 5.41) is 11.4. The van der Waals surface area contributed by atoms with Crippen molar-refractivity contribution in [3.63, 3.8) is 0 Å². The van der Waals surface area contributed by atoms with Crippen LogP contribution >= 0.6 is 35.6 Å². The van der Waals surface area contributed by atoms with Crippen molar-refractivity contribution in [1.82, 2.24) is 0 Å². The molecule has 1 fully saturated rings. The number of thiocarbonyl (C=S) groups is 1. The van der Waals surface area contributed by atoms with Crippen LogP contribution in [0.4, 0.5) is 11.4 Å². The molecule has 3 rings (SSSR count). The Morgan fingerprint density at radius 2 is 2.10 bits per heavy atom. The lowest BCUT2D eigenvalue weighted by Gasteiger charge is -2.14. The molecule has 1 heterocycles. The topological polar surface area (TPSA) is 81.9 Å². The van der Waals surface area contributed by atoms with Crippen LogP contribution in [-0.2, 0) is 4.79 Å². The molecule has 0 radical (unpaired) electrons. The van der Waals surface area contributed by atoms with Crippen molar-refractivity contribution < 1.29 is 19.2 Å². The van der Waals surface area contributed by atoms with Gasteiger partial charge in [-0.05, 0) is 36.8 Å². The van der Waals surface area contributed by atoms with Crippen LogP contribution in [0, 0.1) is 10.1 Å². The summed E-state index contributed by atoms with van der Waals surface area (Å²) in [6.45, 7) is 6.12. The van der Waals surface area contributed by atoms with E-state index in [1.807, 2.05) is 6.92 Å². The first kappa shape index (κ1) is 22.8. The minimum absolute atomic E-state index is 0.126. The number of carbonyl (C=O) groups excluding carboxylic acids is 1. The number of halogens is 1. The van der Waals surface area contributed by atoms with Gasteiger partial charge in [0.1, 0.15) is 6.61 Å². The van der Waals surface area contributed by atoms with Crippen LogP contribution in [-0.4, -0.2) is 28.4 Å². The molecule has 1 aliphatic heterocycles. The maximum Gasteiger partial charge on any atom is 0.271 e. The number of carbonyl (C=O) groups is 1. The van der Waals surface area contributed by atoms with Gasteiger partial charge in [-0.1, -0.05) is 54.3 Å². The first-order valence-electron chi connectivity index (χ1n) is 9.08. The Bertz CT molecular complexity index is 1100. The third kappa shape index (κ3) is 5.07. The highest BCUT2D eigenvalue weighted by Crippen LogP contribution is 2.40. The zero-order valence-corrected chi connectivity index (χ0v) is 18.8. The van der Waals surface area contributed by atoms with Gasteiger partial charge in [0.2, 0.25) is 0 Å². The zero-order chi connectivity index (χ0) is 22.5. The van der Waals surface area contributed by atoms with Gasteiger partial charge in [0.25, 0.3) is 11.6 Å². The van der Waals surface area contributed by atoms with Crippen LogP contribution in [0.15, 0.2) is 54.0 Å². The maximum atomic E-state index is 13.0. The lowest BCUT2D eigenvalue weighted by Crippen LogP contribution is -2.27. The Morgan fingerprint density at radius 1 is 1.32 bits per heavy atom. The molecule has 0 bridgehead atoms. The van der Waals surface area contributed by atoms with Crippen LogP contribution in [0.2, 0.25) is 5.02 Å². The largest absolute Gasteiger partial charge is 0.490 e. The molecule has 1 aliphatic rings. The molecule has 0 N–H and O–H groups in total. The van der Waals surface area contributed by atoms with Crippen LogP contribution in [0.5, 0.6) is 11.5 Å². The molecule has 31 heavy (non-hydrogen) atoms. The van der Waals surface area contributed by atoms with Crippen molar-refractivity contribution >= 4 is 63.3 Å². The fourth-order valence-corrected chi connectivity index (χ4v) is 4.38. The van der Waals surface area contributed by atoms with E-state index in [2.05, 4.69) is 6.58 Å². The van der Waals surface area contributed by atoms with Crippen molar-refractivity contribution in [3.8, 4) is 11.5 Å². The van der Waals surface area contributed by atoms with E-state index < -0.39 is 4.92 Å². The number of thioether (sulfide) groups is 1. The van der Waals surface area contributed by atoms with Crippen LogP contribution in [0.3, 0.4) is 0 Å². The average molecular weight is 477 g/mol. The fraction of sp³-hybridized carbons (Fsp3) is 0.143. The predicted octanol–water partition coefficient (Wildman–Crippen LogP) is 5.62. The average Bonchev–Trinajstić information content (AvgIpc) is 3.00. The number of hydrogen-bond donors (Lipinski definition) is 0. The second-order valence-corrected chi connectivity index (χ2v) is 8.24. The van der Waals surface area contributed by atoms with Gasteiger partial charge in [-0.2, -0.15) is 0 Å². The van der Waals surface area contributed by atoms with E-state index in [4.69, 9.17) is 33.3 Å². The summed E-state index contributed by atoms with van der Waals surface area (Å²) >= 11 is 12.8. The number of rotatable bonds is 8. The Labute approximate surface area is 193 Å². The standard InChI is InChI=1S/C21H17ClN2O5S2/c1-3-8-29-19-16(22)9-13(10-17(19)28-4-2)11-18-20(25)23(21(30)31-18)14-6-5-7-15(12-14)24(26)27/h3,5-7,9-12H,1,4,8H2,2H3/b18-11-. The summed E-state index contributed by atoms with van der Waals surface area (Å²) in [5.41, 5.74) is 0.832. The van der Waals surface area contributed by atoms with E-state index in [0.29, 0.717) is 39.3 Å². The minimum atomic E-state index is -0.524. The number of nitro groups is 1. The summed E-state index contributed by atoms with van der Waals surface area (Å²) in [6, 6.07) is 9.13. The second kappa shape index (κ2) is 9.95. The van der Waals surface area contributed by atoms with E-state index in [-0.39, 0.29) is 22.5 Å². The summed E-state index contributed by atoms with van der Waals surface area (Å²) < 4.78 is 11.5. The van der Waals surface area contributed by atoms with Crippen LogP contribution < -0.4 is 14.4 Å². The molecule has 0 saturated carbocycles. The second-order valence-electron chi connectivity index (χ2n) is 6.16. The quantitative estimate of drug-likeness (QED) is 0.161. The number of ether oxygens (including phenoxy) is 2. The Hall–Kier alpha value is -2.88. The van der Waals surface area contributed by atoms with Crippen LogP contribution in [0.1, 0.15) is 12.5 Å². The molecule has 0 atom stereocenters. The van der Waals surface area contributed by atoms with E-state index >= 15 is 0 Å². The summed E-state index contributed by atoms with van der Waals surface area (Å²) in [4.78, 5) is 25.1. The summed E-state index contributed by atoms with van der Waals surface area (Å²) in [6.07, 6.45) is 3.24. The van der Waals surface area contributed by atoms with Gasteiger partial charge >= 0.3 is 0 Å². The molecule has 7 nitrogen and oxygen atoms in total. The monoisotopic (exact) mass is 476 g/mol. The molecular formula is C21H17ClN2O5S2. The Morgan fingerprint density at radius 3 is 2.77 bits per heavy atom. The number of amides is 1. The van der Waals surface area contributed by atoms with Gasteiger partial charge in [-0.15, -0.1) is 0 Å². The van der Waals surface area contributed by atoms with Gasteiger partial charge in [0.15, 0.2) is 15.8 Å². The highest BCUT2D eigenvalue weighted by atomic mass is 35.5. The fourth-order valence-electron chi connectivity index (χ4n) is 2.80. The molecule has 0 spiro atoms. The van der Waals surface area contributed by atoms with Crippen molar-refractivity contribution in [2.75, 3.05) is 18.1 Å². The van der Waals surface area contributed by atoms with E-state index in [1.165, 1.54) is 23.1 Å². The first-order chi connectivity index (χ1) is 14.8. The molecule has 0 aliphatic carbocycles. The zero-order valence-electron chi connectivity index (χ0n) is 16.4. The van der Waals surface area contributed by atoms with Crippen molar-refractivity contribution in [2.45, 2.75) is 6.92 Å². The lowest BCUT2D eigenvalue weighted by atomic mass is 10.1. The molecule has 1 saturated heterocycles. The Balaban J connectivity index is 1.95. The van der Waals surface area contributed by atoms with E-state index in [0.717, 1.165) is 11.8 Å². The van der Waals surface area contributed by atoms with E-state index in [1.54, 1.807) is 30.4 Å².